The van der Waals surface area contributed by atoms with E-state index in [2.05, 4.69) is 10.1 Å². The highest BCUT2D eigenvalue weighted by molar-refractivity contribution is 5.86. The zero-order valence-electron chi connectivity index (χ0n) is 20.4. The Morgan fingerprint density at radius 3 is 2.45 bits per heavy atom. The highest BCUT2D eigenvalue weighted by atomic mass is 19.1. The maximum absolute atomic E-state index is 14.3. The summed E-state index contributed by atoms with van der Waals surface area (Å²) >= 11 is 0. The molecule has 0 fully saturated rings. The Morgan fingerprint density at radius 2 is 1.82 bits per heavy atom. The van der Waals surface area contributed by atoms with Crippen molar-refractivity contribution in [1.29, 1.82) is 0 Å². The van der Waals surface area contributed by atoms with Crippen LogP contribution in [0.25, 0.3) is 0 Å². The molecule has 0 aliphatic carbocycles. The monoisotopic (exact) mass is 467 g/mol. The lowest BCUT2D eigenvalue weighted by atomic mass is 10.1. The number of alkyl carbamates (subject to hydrolysis) is 1. The summed E-state index contributed by atoms with van der Waals surface area (Å²) in [7, 11) is 1.23. The molecule has 0 saturated heterocycles. The van der Waals surface area contributed by atoms with Crippen molar-refractivity contribution in [2.45, 2.75) is 78.0 Å². The van der Waals surface area contributed by atoms with Crippen molar-refractivity contribution < 1.29 is 28.2 Å². The molecular weight excluding hydrogens is 429 g/mol. The molecule has 33 heavy (non-hydrogen) atoms. The van der Waals surface area contributed by atoms with E-state index in [4.69, 9.17) is 10.5 Å². The summed E-state index contributed by atoms with van der Waals surface area (Å²) in [4.78, 5) is 37.5. The van der Waals surface area contributed by atoms with E-state index in [-0.39, 0.29) is 13.0 Å². The fraction of sp³-hybridized carbons (Fsp3) is 0.625. The average molecular weight is 468 g/mol. The number of carbonyl (C=O) groups excluding carboxylic acids is 3. The smallest absolute Gasteiger partial charge is 0.407 e. The molecule has 1 aromatic rings. The molecule has 186 valence electrons. The largest absolute Gasteiger partial charge is 0.469 e. The van der Waals surface area contributed by atoms with Crippen molar-refractivity contribution in [2.24, 2.45) is 5.73 Å². The minimum absolute atomic E-state index is 0.0709. The topological polar surface area (TPSA) is 111 Å². The van der Waals surface area contributed by atoms with Crippen molar-refractivity contribution in [1.82, 2.24) is 10.2 Å². The summed E-state index contributed by atoms with van der Waals surface area (Å²) < 4.78 is 24.0. The van der Waals surface area contributed by atoms with Gasteiger partial charge in [0.05, 0.1) is 19.6 Å². The predicted molar refractivity (Wildman–Crippen MR) is 124 cm³/mol. The zero-order chi connectivity index (χ0) is 25.0. The van der Waals surface area contributed by atoms with Gasteiger partial charge in [-0.25, -0.2) is 9.18 Å². The minimum Gasteiger partial charge on any atom is -0.469 e. The van der Waals surface area contributed by atoms with E-state index >= 15 is 0 Å². The van der Waals surface area contributed by atoms with Crippen LogP contribution in [0.2, 0.25) is 0 Å². The Hall–Kier alpha value is -2.68. The highest BCUT2D eigenvalue weighted by Gasteiger charge is 2.24. The van der Waals surface area contributed by atoms with E-state index in [0.29, 0.717) is 25.1 Å². The van der Waals surface area contributed by atoms with E-state index in [9.17, 15) is 18.8 Å². The highest BCUT2D eigenvalue weighted by Crippen LogP contribution is 2.15. The standard InChI is InChI=1S/C24H38FN3O5/c1-17-10-11-19(25)18(14-17)16-28(22(30)20(26)15-21(29)32-5)13-9-7-6-8-12-27-23(31)33-24(2,3)4/h10-11,14,20H,6-9,12-13,15-16,26H2,1-5H3,(H,27,31)/t20-/m1/s1. The number of esters is 1. The molecule has 1 atom stereocenters. The summed E-state index contributed by atoms with van der Waals surface area (Å²) in [6.07, 6.45) is 2.41. The fourth-order valence-corrected chi connectivity index (χ4v) is 3.17. The van der Waals surface area contributed by atoms with Crippen molar-refractivity contribution in [3.05, 3.63) is 35.1 Å². The number of unbranched alkanes of at least 4 members (excludes halogenated alkanes) is 3. The lowest BCUT2D eigenvalue weighted by Crippen LogP contribution is -2.45. The van der Waals surface area contributed by atoms with Crippen LogP contribution in [0.4, 0.5) is 9.18 Å². The number of rotatable bonds is 12. The third-order valence-corrected chi connectivity index (χ3v) is 4.83. The molecule has 8 nitrogen and oxygen atoms in total. The van der Waals surface area contributed by atoms with Gasteiger partial charge in [-0.1, -0.05) is 30.5 Å². The molecule has 0 radical (unpaired) electrons. The van der Waals surface area contributed by atoms with Gasteiger partial charge in [0.1, 0.15) is 11.4 Å². The number of aryl methyl sites for hydroxylation is 1. The summed E-state index contributed by atoms with van der Waals surface area (Å²) in [5, 5.41) is 2.71. The van der Waals surface area contributed by atoms with Crippen LogP contribution in [0.15, 0.2) is 18.2 Å². The van der Waals surface area contributed by atoms with Crippen LogP contribution in [0.5, 0.6) is 0 Å². The second-order valence-electron chi connectivity index (χ2n) is 9.08. The van der Waals surface area contributed by atoms with Crippen LogP contribution in [0, 0.1) is 12.7 Å². The van der Waals surface area contributed by atoms with Crippen LogP contribution in [0.3, 0.4) is 0 Å². The number of hydrogen-bond acceptors (Lipinski definition) is 6. The molecule has 1 rings (SSSR count). The molecule has 2 amide bonds. The normalized spacial score (nSPS) is 12.1. The summed E-state index contributed by atoms with van der Waals surface area (Å²) in [6, 6.07) is 3.69. The molecule has 0 spiro atoms. The molecule has 1 aromatic carbocycles. The molecule has 0 bridgehead atoms. The Morgan fingerprint density at radius 1 is 1.15 bits per heavy atom. The number of carbonyl (C=O) groups is 3. The number of halogens is 1. The first-order chi connectivity index (χ1) is 15.4. The zero-order valence-corrected chi connectivity index (χ0v) is 20.4. The molecular formula is C24H38FN3O5. The van der Waals surface area contributed by atoms with E-state index in [1.165, 1.54) is 18.1 Å². The van der Waals surface area contributed by atoms with Gasteiger partial charge in [-0.2, -0.15) is 0 Å². The summed E-state index contributed by atoms with van der Waals surface area (Å²) in [6.45, 7) is 8.21. The molecule has 0 aromatic heterocycles. The molecule has 0 unspecified atom stereocenters. The van der Waals surface area contributed by atoms with Gasteiger partial charge in [0, 0.05) is 25.2 Å². The van der Waals surface area contributed by atoms with Crippen LogP contribution >= 0.6 is 0 Å². The number of nitrogens with one attached hydrogen (secondary N) is 1. The van der Waals surface area contributed by atoms with Crippen LogP contribution in [-0.2, 0) is 25.6 Å². The van der Waals surface area contributed by atoms with Gasteiger partial charge < -0.3 is 25.4 Å². The first kappa shape index (κ1) is 28.4. The number of nitrogens with zero attached hydrogens (tertiary/aromatic N) is 1. The van der Waals surface area contributed by atoms with Gasteiger partial charge in [0.2, 0.25) is 5.91 Å². The van der Waals surface area contributed by atoms with Crippen molar-refractivity contribution in [3.8, 4) is 0 Å². The van der Waals surface area contributed by atoms with Crippen molar-refractivity contribution in [2.75, 3.05) is 20.2 Å². The Labute approximate surface area is 196 Å². The Kier molecular flexibility index (Phi) is 11.8. The number of benzene rings is 1. The van der Waals surface area contributed by atoms with Gasteiger partial charge in [-0.3, -0.25) is 9.59 Å². The number of methoxy groups -OCH3 is 1. The van der Waals surface area contributed by atoms with E-state index < -0.39 is 35.4 Å². The minimum atomic E-state index is -1.05. The maximum atomic E-state index is 14.3. The molecule has 9 heteroatoms. The molecule has 3 N–H and O–H groups in total. The third-order valence-electron chi connectivity index (χ3n) is 4.83. The van der Waals surface area contributed by atoms with Gasteiger partial charge >= 0.3 is 12.1 Å². The van der Waals surface area contributed by atoms with Crippen molar-refractivity contribution >= 4 is 18.0 Å². The first-order valence-corrected chi connectivity index (χ1v) is 11.3. The van der Waals surface area contributed by atoms with E-state index in [1.54, 1.807) is 32.9 Å². The van der Waals surface area contributed by atoms with Gasteiger partial charge in [0.25, 0.3) is 0 Å². The van der Waals surface area contributed by atoms with E-state index in [1.807, 2.05) is 6.92 Å². The van der Waals surface area contributed by atoms with Crippen LogP contribution in [0.1, 0.15) is 64.0 Å². The molecule has 0 aliphatic rings. The predicted octanol–water partition coefficient (Wildman–Crippen LogP) is 3.44. The summed E-state index contributed by atoms with van der Waals surface area (Å²) in [5.41, 5.74) is 6.67. The molecule has 0 heterocycles. The maximum Gasteiger partial charge on any atom is 0.407 e. The number of hydrogen-bond donors (Lipinski definition) is 2. The number of ether oxygens (including phenoxy) is 2. The third kappa shape index (κ3) is 11.7. The fourth-order valence-electron chi connectivity index (χ4n) is 3.17. The number of amides is 2. The Balaban J connectivity index is 2.59. The lowest BCUT2D eigenvalue weighted by molar-refractivity contribution is -0.144. The quantitative estimate of drug-likeness (QED) is 0.360. The Bertz CT molecular complexity index is 795. The number of nitrogens with two attached hydrogens (primary N) is 1. The van der Waals surface area contributed by atoms with Gasteiger partial charge in [-0.05, 0) is 46.6 Å². The van der Waals surface area contributed by atoms with Gasteiger partial charge in [-0.15, -0.1) is 0 Å². The van der Waals surface area contributed by atoms with Crippen LogP contribution < -0.4 is 11.1 Å². The van der Waals surface area contributed by atoms with E-state index in [0.717, 1.165) is 24.8 Å². The second-order valence-corrected chi connectivity index (χ2v) is 9.08. The average Bonchev–Trinajstić information content (AvgIpc) is 2.72. The second kappa shape index (κ2) is 13.8. The lowest BCUT2D eigenvalue weighted by Gasteiger charge is -2.26. The first-order valence-electron chi connectivity index (χ1n) is 11.3. The summed E-state index contributed by atoms with van der Waals surface area (Å²) in [5.74, 6) is -1.39. The molecule has 0 aliphatic heterocycles. The molecule has 0 saturated carbocycles. The van der Waals surface area contributed by atoms with Gasteiger partial charge in [0.15, 0.2) is 0 Å². The van der Waals surface area contributed by atoms with Crippen LogP contribution in [-0.4, -0.2) is 54.7 Å². The van der Waals surface area contributed by atoms with Crippen molar-refractivity contribution in [3.63, 3.8) is 0 Å². The SMILES string of the molecule is COC(=O)C[C@@H](N)C(=O)N(CCCCCCNC(=O)OC(C)(C)C)Cc1cc(C)ccc1F.